The molecule has 6 heteroatoms. The first-order valence-corrected chi connectivity index (χ1v) is 8.56. The van der Waals surface area contributed by atoms with E-state index in [1.54, 1.807) is 0 Å². The van der Waals surface area contributed by atoms with Gasteiger partial charge in [-0.2, -0.15) is 0 Å². The van der Waals surface area contributed by atoms with Gasteiger partial charge < -0.3 is 20.7 Å². The number of hydrogen-bond acceptors (Lipinski definition) is 3. The van der Waals surface area contributed by atoms with Crippen LogP contribution < -0.4 is 16.0 Å². The third-order valence-electron chi connectivity index (χ3n) is 2.96. The standard InChI is InChI=1S/C17H36N4O2/c1-9-18-15(19-10-12(2)3)20-11-14(13(4)5)21-16(22)23-17(6,7)8/h12-14H,9-11H2,1-8H3,(H,21,22)(H2,18,19,20). The maximum Gasteiger partial charge on any atom is 0.407 e. The molecule has 0 aliphatic carbocycles. The highest BCUT2D eigenvalue weighted by molar-refractivity contribution is 5.79. The first-order chi connectivity index (χ1) is 10.5. The van der Waals surface area contributed by atoms with Gasteiger partial charge in [-0.3, -0.25) is 4.99 Å². The number of alkyl carbamates (subject to hydrolysis) is 1. The van der Waals surface area contributed by atoms with Gasteiger partial charge in [-0.05, 0) is 39.5 Å². The van der Waals surface area contributed by atoms with Crippen LogP contribution in [0.2, 0.25) is 0 Å². The van der Waals surface area contributed by atoms with Crippen molar-refractivity contribution in [3.05, 3.63) is 0 Å². The Balaban J connectivity index is 4.61. The van der Waals surface area contributed by atoms with Crippen LogP contribution in [0, 0.1) is 11.8 Å². The molecule has 0 aromatic carbocycles. The highest BCUT2D eigenvalue weighted by Crippen LogP contribution is 2.08. The summed E-state index contributed by atoms with van der Waals surface area (Å²) in [5, 5.41) is 9.44. The van der Waals surface area contributed by atoms with Gasteiger partial charge in [0.25, 0.3) is 0 Å². The van der Waals surface area contributed by atoms with Crippen LogP contribution in [0.15, 0.2) is 4.99 Å². The lowest BCUT2D eigenvalue weighted by atomic mass is 10.0. The summed E-state index contributed by atoms with van der Waals surface area (Å²) in [6.07, 6.45) is -0.387. The monoisotopic (exact) mass is 328 g/mol. The minimum atomic E-state index is -0.493. The lowest BCUT2D eigenvalue weighted by Crippen LogP contribution is -2.50. The Hall–Kier alpha value is -1.46. The molecule has 0 saturated heterocycles. The number of aliphatic imine (C=N–C) groups is 1. The first-order valence-electron chi connectivity index (χ1n) is 8.56. The van der Waals surface area contributed by atoms with Crippen LogP contribution in [-0.4, -0.2) is 43.3 Å². The second-order valence-electron chi connectivity index (χ2n) is 7.49. The number of nitrogens with one attached hydrogen (secondary N) is 3. The van der Waals surface area contributed by atoms with Crippen molar-refractivity contribution in [3.63, 3.8) is 0 Å². The van der Waals surface area contributed by atoms with Gasteiger partial charge in [-0.15, -0.1) is 0 Å². The zero-order chi connectivity index (χ0) is 18.0. The largest absolute Gasteiger partial charge is 0.444 e. The van der Waals surface area contributed by atoms with E-state index in [0.717, 1.165) is 19.0 Å². The summed E-state index contributed by atoms with van der Waals surface area (Å²) in [6, 6.07) is -0.0345. The fourth-order valence-corrected chi connectivity index (χ4v) is 1.73. The van der Waals surface area contributed by atoms with Crippen molar-refractivity contribution in [2.24, 2.45) is 16.8 Å². The van der Waals surface area contributed by atoms with Gasteiger partial charge in [0.2, 0.25) is 0 Å². The molecule has 0 aliphatic heterocycles. The molecule has 6 nitrogen and oxygen atoms in total. The number of carbonyl (C=O) groups is 1. The van der Waals surface area contributed by atoms with Crippen molar-refractivity contribution in [2.45, 2.75) is 67.0 Å². The average molecular weight is 329 g/mol. The Morgan fingerprint density at radius 1 is 1.13 bits per heavy atom. The Bertz CT molecular complexity index is 373. The number of hydrogen-bond donors (Lipinski definition) is 3. The van der Waals surface area contributed by atoms with Crippen LogP contribution in [0.5, 0.6) is 0 Å². The minimum Gasteiger partial charge on any atom is -0.444 e. The number of ether oxygens (including phenoxy) is 1. The number of rotatable bonds is 7. The fourth-order valence-electron chi connectivity index (χ4n) is 1.73. The summed E-state index contributed by atoms with van der Waals surface area (Å²) >= 11 is 0. The van der Waals surface area contributed by atoms with E-state index in [1.165, 1.54) is 0 Å². The second kappa shape index (κ2) is 10.3. The Labute approximate surface area is 141 Å². The second-order valence-corrected chi connectivity index (χ2v) is 7.49. The van der Waals surface area contributed by atoms with E-state index in [9.17, 15) is 4.79 Å². The van der Waals surface area contributed by atoms with E-state index in [2.05, 4.69) is 48.6 Å². The third kappa shape index (κ3) is 11.7. The molecule has 0 aromatic heterocycles. The highest BCUT2D eigenvalue weighted by atomic mass is 16.6. The van der Waals surface area contributed by atoms with E-state index in [4.69, 9.17) is 4.74 Å². The summed E-state index contributed by atoms with van der Waals surface area (Å²) in [6.45, 7) is 18.2. The molecule has 0 rings (SSSR count). The van der Waals surface area contributed by atoms with E-state index in [0.29, 0.717) is 12.5 Å². The van der Waals surface area contributed by atoms with E-state index in [1.807, 2.05) is 27.7 Å². The normalized spacial score (nSPS) is 13.9. The highest BCUT2D eigenvalue weighted by Gasteiger charge is 2.21. The maximum absolute atomic E-state index is 12.0. The van der Waals surface area contributed by atoms with Gasteiger partial charge in [-0.1, -0.05) is 27.7 Å². The predicted octanol–water partition coefficient (Wildman–Crippen LogP) is 2.75. The number of amides is 1. The summed E-state index contributed by atoms with van der Waals surface area (Å²) in [4.78, 5) is 16.5. The number of carbonyl (C=O) groups excluding carboxylic acids is 1. The first kappa shape index (κ1) is 21.5. The van der Waals surface area contributed by atoms with Gasteiger partial charge >= 0.3 is 6.09 Å². The quantitative estimate of drug-likeness (QED) is 0.496. The van der Waals surface area contributed by atoms with E-state index < -0.39 is 5.60 Å². The summed E-state index contributed by atoms with van der Waals surface area (Å²) in [5.41, 5.74) is -0.493. The number of guanidine groups is 1. The van der Waals surface area contributed by atoms with Gasteiger partial charge in [0.1, 0.15) is 5.60 Å². The van der Waals surface area contributed by atoms with Crippen LogP contribution in [0.1, 0.15) is 55.4 Å². The zero-order valence-corrected chi connectivity index (χ0v) is 16.1. The number of nitrogens with zero attached hydrogens (tertiary/aromatic N) is 1. The van der Waals surface area contributed by atoms with Crippen LogP contribution in [0.25, 0.3) is 0 Å². The molecule has 0 heterocycles. The smallest absolute Gasteiger partial charge is 0.407 e. The van der Waals surface area contributed by atoms with Crippen LogP contribution >= 0.6 is 0 Å². The third-order valence-corrected chi connectivity index (χ3v) is 2.96. The molecule has 0 radical (unpaired) electrons. The van der Waals surface area contributed by atoms with Crippen molar-refractivity contribution in [3.8, 4) is 0 Å². The molecule has 23 heavy (non-hydrogen) atoms. The molecule has 0 saturated carbocycles. The average Bonchev–Trinajstić information content (AvgIpc) is 2.37. The molecule has 0 aromatic rings. The molecule has 0 aliphatic rings. The molecule has 3 N–H and O–H groups in total. The van der Waals surface area contributed by atoms with Crippen molar-refractivity contribution in [1.29, 1.82) is 0 Å². The molecule has 136 valence electrons. The van der Waals surface area contributed by atoms with Crippen LogP contribution in [-0.2, 0) is 4.74 Å². The molecular weight excluding hydrogens is 292 g/mol. The van der Waals surface area contributed by atoms with Gasteiger partial charge in [0, 0.05) is 19.6 Å². The predicted molar refractivity (Wildman–Crippen MR) is 96.8 cm³/mol. The fraction of sp³-hybridized carbons (Fsp3) is 0.882. The zero-order valence-electron chi connectivity index (χ0n) is 16.1. The van der Waals surface area contributed by atoms with Gasteiger partial charge in [0.05, 0.1) is 6.04 Å². The Morgan fingerprint density at radius 3 is 2.17 bits per heavy atom. The molecule has 1 unspecified atom stereocenters. The van der Waals surface area contributed by atoms with Crippen LogP contribution in [0.4, 0.5) is 4.79 Å². The topological polar surface area (TPSA) is 74.8 Å². The maximum atomic E-state index is 12.0. The van der Waals surface area contributed by atoms with Crippen molar-refractivity contribution in [2.75, 3.05) is 19.6 Å². The van der Waals surface area contributed by atoms with E-state index in [-0.39, 0.29) is 18.1 Å². The van der Waals surface area contributed by atoms with Crippen LogP contribution in [0.3, 0.4) is 0 Å². The van der Waals surface area contributed by atoms with Crippen molar-refractivity contribution >= 4 is 12.1 Å². The Kier molecular flexibility index (Phi) is 9.68. The molecule has 0 bridgehead atoms. The lowest BCUT2D eigenvalue weighted by Gasteiger charge is -2.26. The minimum absolute atomic E-state index is 0.0345. The van der Waals surface area contributed by atoms with Crippen molar-refractivity contribution < 1.29 is 9.53 Å². The van der Waals surface area contributed by atoms with Gasteiger partial charge in [-0.25, -0.2) is 4.79 Å². The molecule has 1 amide bonds. The van der Waals surface area contributed by atoms with Gasteiger partial charge in [0.15, 0.2) is 5.96 Å². The molecular formula is C17H36N4O2. The molecule has 0 fully saturated rings. The summed E-state index contributed by atoms with van der Waals surface area (Å²) in [7, 11) is 0. The molecule has 1 atom stereocenters. The SMILES string of the molecule is CCNC(=NCC(C)C)NCC(NC(=O)OC(C)(C)C)C(C)C. The Morgan fingerprint density at radius 2 is 1.74 bits per heavy atom. The van der Waals surface area contributed by atoms with Crippen molar-refractivity contribution in [1.82, 2.24) is 16.0 Å². The lowest BCUT2D eigenvalue weighted by molar-refractivity contribution is 0.0491. The summed E-state index contributed by atoms with van der Waals surface area (Å²) < 4.78 is 5.33. The molecule has 0 spiro atoms. The summed E-state index contributed by atoms with van der Waals surface area (Å²) in [5.74, 6) is 1.56. The van der Waals surface area contributed by atoms with E-state index >= 15 is 0 Å².